The number of carbonyl (C=O) groups is 1. The van der Waals surface area contributed by atoms with Gasteiger partial charge in [0.15, 0.2) is 17.2 Å². The fourth-order valence-electron chi connectivity index (χ4n) is 2.12. The molecule has 2 aromatic heterocycles. The minimum Gasteiger partial charge on any atom is -0.337 e. The lowest BCUT2D eigenvalue weighted by Crippen LogP contribution is -2.40. The summed E-state index contributed by atoms with van der Waals surface area (Å²) in [6, 6.07) is 1.76. The Kier molecular flexibility index (Phi) is 5.62. The number of carbonyl (C=O) groups excluding carboxylic acids is 1. The lowest BCUT2D eigenvalue weighted by molar-refractivity contribution is -0.141. The first-order valence-electron chi connectivity index (χ1n) is 8.30. The standard InChI is InChI=1S/C16H23F3N6O/c1-5-6-7-20-14(26)23-22-13-9-11(16(17,18)19)21-12-8-10(15(2,3)4)24-25(12)13/h8-9,22H,5-7H2,1-4H3,(H2,20,23,26). The number of nitrogens with one attached hydrogen (secondary N) is 3. The number of urea groups is 1. The SMILES string of the molecule is CCCCNC(=O)NNc1cc(C(F)(F)F)nc2cc(C(C)(C)C)nn12. The molecule has 0 atom stereocenters. The first-order valence-corrected chi connectivity index (χ1v) is 8.30. The molecule has 0 radical (unpaired) electrons. The Bertz CT molecular complexity index is 779. The van der Waals surface area contributed by atoms with E-state index in [9.17, 15) is 18.0 Å². The maximum Gasteiger partial charge on any atom is 0.433 e. The molecule has 2 heterocycles. The fraction of sp³-hybridized carbons (Fsp3) is 0.562. The molecule has 2 aromatic rings. The van der Waals surface area contributed by atoms with Gasteiger partial charge in [0.05, 0.1) is 5.69 Å². The Morgan fingerprint density at radius 1 is 1.19 bits per heavy atom. The summed E-state index contributed by atoms with van der Waals surface area (Å²) in [6.07, 6.45) is -2.90. The van der Waals surface area contributed by atoms with E-state index < -0.39 is 17.9 Å². The average molecular weight is 372 g/mol. The quantitative estimate of drug-likeness (QED) is 0.554. The smallest absolute Gasteiger partial charge is 0.337 e. The number of hydrogen-bond donors (Lipinski definition) is 3. The predicted octanol–water partition coefficient (Wildman–Crippen LogP) is 3.47. The minimum absolute atomic E-state index is 0.0385. The molecule has 0 aromatic carbocycles. The van der Waals surface area contributed by atoms with Gasteiger partial charge in [-0.05, 0) is 6.42 Å². The number of aromatic nitrogens is 3. The van der Waals surface area contributed by atoms with Gasteiger partial charge >= 0.3 is 12.2 Å². The normalized spacial score (nSPS) is 12.3. The summed E-state index contributed by atoms with van der Waals surface area (Å²) in [5, 5.41) is 6.91. The van der Waals surface area contributed by atoms with Crippen LogP contribution in [0.25, 0.3) is 5.65 Å². The van der Waals surface area contributed by atoms with Gasteiger partial charge < -0.3 is 5.32 Å². The highest BCUT2D eigenvalue weighted by Crippen LogP contribution is 2.31. The molecule has 10 heteroatoms. The van der Waals surface area contributed by atoms with Crippen LogP contribution in [0.1, 0.15) is 51.9 Å². The lowest BCUT2D eigenvalue weighted by atomic mass is 9.93. The first-order chi connectivity index (χ1) is 12.0. The van der Waals surface area contributed by atoms with Crippen LogP contribution in [0.3, 0.4) is 0 Å². The number of fused-ring (bicyclic) bond motifs is 1. The van der Waals surface area contributed by atoms with Crippen molar-refractivity contribution in [1.82, 2.24) is 25.3 Å². The second-order valence-electron chi connectivity index (χ2n) is 6.93. The van der Waals surface area contributed by atoms with Gasteiger partial charge in [0.25, 0.3) is 0 Å². The summed E-state index contributed by atoms with van der Waals surface area (Å²) >= 11 is 0. The Labute approximate surface area is 149 Å². The second-order valence-corrected chi connectivity index (χ2v) is 6.93. The molecule has 7 nitrogen and oxygen atoms in total. The van der Waals surface area contributed by atoms with E-state index in [1.165, 1.54) is 10.6 Å². The minimum atomic E-state index is -4.62. The van der Waals surface area contributed by atoms with Gasteiger partial charge in [-0.1, -0.05) is 34.1 Å². The van der Waals surface area contributed by atoms with Crippen LogP contribution in [0.5, 0.6) is 0 Å². The topological polar surface area (TPSA) is 83.4 Å². The van der Waals surface area contributed by atoms with E-state index in [1.54, 1.807) is 0 Å². The van der Waals surface area contributed by atoms with Gasteiger partial charge in [0.1, 0.15) is 0 Å². The summed E-state index contributed by atoms with van der Waals surface area (Å²) in [7, 11) is 0. The number of hydrazine groups is 1. The summed E-state index contributed by atoms with van der Waals surface area (Å²) in [6.45, 7) is 8.14. The van der Waals surface area contributed by atoms with Crippen LogP contribution in [-0.2, 0) is 11.6 Å². The highest BCUT2D eigenvalue weighted by atomic mass is 19.4. The van der Waals surface area contributed by atoms with Gasteiger partial charge in [0.2, 0.25) is 0 Å². The van der Waals surface area contributed by atoms with Crippen molar-refractivity contribution < 1.29 is 18.0 Å². The number of alkyl halides is 3. The first kappa shape index (κ1) is 19.8. The van der Waals surface area contributed by atoms with E-state index in [1.807, 2.05) is 27.7 Å². The molecule has 2 amide bonds. The zero-order chi connectivity index (χ0) is 19.5. The molecule has 0 spiro atoms. The summed E-state index contributed by atoms with van der Waals surface area (Å²) in [5.74, 6) is -0.0385. The van der Waals surface area contributed by atoms with Crippen molar-refractivity contribution in [3.8, 4) is 0 Å². The highest BCUT2D eigenvalue weighted by molar-refractivity contribution is 5.75. The van der Waals surface area contributed by atoms with E-state index in [-0.39, 0.29) is 16.9 Å². The molecule has 0 saturated heterocycles. The third kappa shape index (κ3) is 4.77. The Morgan fingerprint density at radius 3 is 2.46 bits per heavy atom. The van der Waals surface area contributed by atoms with Gasteiger partial charge in [-0.25, -0.2) is 9.78 Å². The second kappa shape index (κ2) is 7.38. The van der Waals surface area contributed by atoms with E-state index in [2.05, 4.69) is 26.3 Å². The van der Waals surface area contributed by atoms with Gasteiger partial charge in [-0.2, -0.15) is 22.8 Å². The van der Waals surface area contributed by atoms with Crippen molar-refractivity contribution in [2.45, 2.75) is 52.1 Å². The van der Waals surface area contributed by atoms with Crippen molar-refractivity contribution in [3.05, 3.63) is 23.5 Å². The molecule has 0 aliphatic rings. The van der Waals surface area contributed by atoms with Gasteiger partial charge in [-0.15, -0.1) is 0 Å². The Hall–Kier alpha value is -2.52. The van der Waals surface area contributed by atoms with Crippen LogP contribution < -0.4 is 16.2 Å². The van der Waals surface area contributed by atoms with Crippen molar-refractivity contribution in [3.63, 3.8) is 0 Å². The molecule has 0 bridgehead atoms. The van der Waals surface area contributed by atoms with Crippen molar-refractivity contribution in [2.24, 2.45) is 0 Å². The van der Waals surface area contributed by atoms with Crippen LogP contribution in [0.2, 0.25) is 0 Å². The van der Waals surface area contributed by atoms with E-state index in [0.29, 0.717) is 12.2 Å². The van der Waals surface area contributed by atoms with Crippen LogP contribution in [-0.4, -0.2) is 27.2 Å². The molecular formula is C16H23F3N6O. The largest absolute Gasteiger partial charge is 0.433 e. The molecule has 2 rings (SSSR count). The summed E-state index contributed by atoms with van der Waals surface area (Å²) in [4.78, 5) is 15.4. The molecular weight excluding hydrogens is 349 g/mol. The highest BCUT2D eigenvalue weighted by Gasteiger charge is 2.34. The maximum atomic E-state index is 13.1. The van der Waals surface area contributed by atoms with E-state index in [4.69, 9.17) is 0 Å². The summed E-state index contributed by atoms with van der Waals surface area (Å²) in [5.41, 5.74) is 4.00. The molecule has 0 aliphatic heterocycles. The predicted molar refractivity (Wildman–Crippen MR) is 91.8 cm³/mol. The number of hydrogen-bond acceptors (Lipinski definition) is 4. The third-order valence-electron chi connectivity index (χ3n) is 3.61. The zero-order valence-corrected chi connectivity index (χ0v) is 15.2. The number of unbranched alkanes of at least 4 members (excludes halogenated alkanes) is 1. The van der Waals surface area contributed by atoms with Crippen molar-refractivity contribution in [1.29, 1.82) is 0 Å². The third-order valence-corrected chi connectivity index (χ3v) is 3.61. The number of anilines is 1. The van der Waals surface area contributed by atoms with Crippen LogP contribution in [0.4, 0.5) is 23.8 Å². The van der Waals surface area contributed by atoms with Gasteiger partial charge in [-0.3, -0.25) is 10.9 Å². The number of halogens is 3. The maximum absolute atomic E-state index is 13.1. The Morgan fingerprint density at radius 2 is 1.88 bits per heavy atom. The molecule has 3 N–H and O–H groups in total. The molecule has 144 valence electrons. The van der Waals surface area contributed by atoms with Crippen molar-refractivity contribution >= 4 is 17.5 Å². The van der Waals surface area contributed by atoms with Crippen LogP contribution in [0.15, 0.2) is 12.1 Å². The molecule has 0 saturated carbocycles. The zero-order valence-electron chi connectivity index (χ0n) is 15.2. The van der Waals surface area contributed by atoms with Gasteiger partial charge in [0, 0.05) is 24.1 Å². The monoisotopic (exact) mass is 372 g/mol. The van der Waals surface area contributed by atoms with E-state index in [0.717, 1.165) is 18.9 Å². The molecule has 0 aliphatic carbocycles. The lowest BCUT2D eigenvalue weighted by Gasteiger charge is -2.14. The number of rotatable bonds is 5. The fourth-order valence-corrected chi connectivity index (χ4v) is 2.12. The number of nitrogens with zero attached hydrogens (tertiary/aromatic N) is 3. The van der Waals surface area contributed by atoms with Crippen molar-refractivity contribution in [2.75, 3.05) is 12.0 Å². The molecule has 0 unspecified atom stereocenters. The van der Waals surface area contributed by atoms with Crippen LogP contribution in [0, 0.1) is 0 Å². The van der Waals surface area contributed by atoms with Crippen LogP contribution >= 0.6 is 0 Å². The molecule has 0 fully saturated rings. The Balaban J connectivity index is 2.33. The van der Waals surface area contributed by atoms with E-state index >= 15 is 0 Å². The average Bonchev–Trinajstić information content (AvgIpc) is 2.96. The molecule has 26 heavy (non-hydrogen) atoms. The number of amides is 2. The summed E-state index contributed by atoms with van der Waals surface area (Å²) < 4.78 is 40.6.